The topological polar surface area (TPSA) is 118 Å². The minimum atomic E-state index is -3.91. The van der Waals surface area contributed by atoms with Gasteiger partial charge >= 0.3 is 6.09 Å². The Morgan fingerprint density at radius 3 is 2.52 bits per heavy atom. The van der Waals surface area contributed by atoms with Crippen LogP contribution in [0.15, 0.2) is 46.2 Å². The van der Waals surface area contributed by atoms with Crippen LogP contribution in [0.1, 0.15) is 52.0 Å². The molecule has 3 rings (SSSR count). The molecule has 0 spiro atoms. The van der Waals surface area contributed by atoms with Crippen LogP contribution >= 0.6 is 0 Å². The summed E-state index contributed by atoms with van der Waals surface area (Å²) in [5.41, 5.74) is -0.0415. The number of ether oxygens (including phenoxy) is 1. The van der Waals surface area contributed by atoms with E-state index in [1.54, 1.807) is 31.7 Å². The fraction of sp³-hybridized carbons (Fsp3) is 0.522. The number of hydrogen-bond donors (Lipinski definition) is 1. The lowest BCUT2D eigenvalue weighted by atomic mass is 9.97. The van der Waals surface area contributed by atoms with Gasteiger partial charge in [-0.1, -0.05) is 25.1 Å². The predicted molar refractivity (Wildman–Crippen MR) is 126 cm³/mol. The molecule has 1 aromatic rings. The first kappa shape index (κ1) is 25.3. The number of amides is 1. The summed E-state index contributed by atoms with van der Waals surface area (Å²) in [6, 6.07) is 4.21. The largest absolute Gasteiger partial charge is 0.508 e. The van der Waals surface area contributed by atoms with Crippen LogP contribution in [0.5, 0.6) is 5.75 Å². The molecule has 2 aliphatic rings. The molecule has 1 saturated heterocycles. The number of benzene rings is 1. The summed E-state index contributed by atoms with van der Waals surface area (Å²) >= 11 is 0. The number of hydrogen-bond acceptors (Lipinski definition) is 7. The Labute approximate surface area is 195 Å². The number of carbonyl (C=O) groups excluding carboxylic acids is 1. The Bertz CT molecular complexity index is 1190. The number of phenolic OH excluding ortho intramolecular Hbond substituents is 1. The maximum Gasteiger partial charge on any atom is 0.410 e. The second kappa shape index (κ2) is 9.13. The maximum atomic E-state index is 13.2. The van der Waals surface area contributed by atoms with E-state index in [-0.39, 0.29) is 33.6 Å². The van der Waals surface area contributed by atoms with Gasteiger partial charge in [-0.15, -0.1) is 0 Å². The van der Waals surface area contributed by atoms with Crippen LogP contribution < -0.4 is 0 Å². The highest BCUT2D eigenvalue weighted by atomic mass is 32.2. The van der Waals surface area contributed by atoms with Crippen molar-refractivity contribution in [2.75, 3.05) is 18.8 Å². The van der Waals surface area contributed by atoms with Crippen LogP contribution in [-0.4, -0.2) is 62.6 Å². The average Bonchev–Trinajstić information content (AvgIpc) is 3.22. The molecule has 1 fully saturated rings. The third-order valence-electron chi connectivity index (χ3n) is 5.80. The molecule has 1 aromatic carbocycles. The standard InChI is InChI=1S/C23H31NO7S2/c1-5-32(27,28)17-7-6-8-18(13-17)33(29,30)19-9-10-20(21(25)14-19)16-11-12-24(15-16)22(26)31-23(2,3)4/h6-10,14,16,18,25H,5,11-13,15H2,1-4H3. The van der Waals surface area contributed by atoms with Gasteiger partial charge in [0, 0.05) is 30.3 Å². The van der Waals surface area contributed by atoms with Crippen LogP contribution in [0.4, 0.5) is 4.79 Å². The minimum Gasteiger partial charge on any atom is -0.508 e. The van der Waals surface area contributed by atoms with E-state index in [2.05, 4.69) is 0 Å². The number of phenols is 1. The summed E-state index contributed by atoms with van der Waals surface area (Å²) in [4.78, 5) is 13.9. The quantitative estimate of drug-likeness (QED) is 0.661. The maximum absolute atomic E-state index is 13.2. The van der Waals surface area contributed by atoms with Gasteiger partial charge < -0.3 is 14.7 Å². The zero-order valence-corrected chi connectivity index (χ0v) is 20.9. The highest BCUT2D eigenvalue weighted by molar-refractivity contribution is 7.95. The molecule has 0 aromatic heterocycles. The molecule has 1 aliphatic carbocycles. The van der Waals surface area contributed by atoms with E-state index in [1.165, 1.54) is 37.3 Å². The molecule has 2 atom stereocenters. The van der Waals surface area contributed by atoms with Gasteiger partial charge in [0.25, 0.3) is 0 Å². The third kappa shape index (κ3) is 5.60. The Morgan fingerprint density at radius 2 is 1.91 bits per heavy atom. The average molecular weight is 498 g/mol. The Morgan fingerprint density at radius 1 is 1.21 bits per heavy atom. The molecule has 1 aliphatic heterocycles. The van der Waals surface area contributed by atoms with Gasteiger partial charge in [-0.25, -0.2) is 21.6 Å². The number of aromatic hydroxyl groups is 1. The molecule has 8 nitrogen and oxygen atoms in total. The smallest absolute Gasteiger partial charge is 0.410 e. The summed E-state index contributed by atoms with van der Waals surface area (Å²) in [5.74, 6) is -0.409. The van der Waals surface area contributed by atoms with E-state index in [4.69, 9.17) is 4.74 Å². The molecule has 1 heterocycles. The molecule has 0 bridgehead atoms. The highest BCUT2D eigenvalue weighted by Crippen LogP contribution is 2.36. The second-order valence-corrected chi connectivity index (χ2v) is 13.8. The molecular formula is C23H31NO7S2. The van der Waals surface area contributed by atoms with Gasteiger partial charge in [0.2, 0.25) is 0 Å². The van der Waals surface area contributed by atoms with E-state index >= 15 is 0 Å². The lowest BCUT2D eigenvalue weighted by Gasteiger charge is -2.24. The SMILES string of the molecule is CCS(=O)(=O)C1=CC=CC(S(=O)(=O)c2ccc(C3CCN(C(=O)OC(C)(C)C)C3)c(O)c2)C1. The van der Waals surface area contributed by atoms with Gasteiger partial charge in [0.1, 0.15) is 11.4 Å². The number of sulfone groups is 2. The normalized spacial score (nSPS) is 21.7. The van der Waals surface area contributed by atoms with E-state index in [0.717, 1.165) is 0 Å². The van der Waals surface area contributed by atoms with Crippen molar-refractivity contribution in [2.45, 2.75) is 62.2 Å². The molecule has 182 valence electrons. The van der Waals surface area contributed by atoms with E-state index in [1.807, 2.05) is 0 Å². The summed E-state index contributed by atoms with van der Waals surface area (Å²) in [6.07, 6.45) is 4.41. The summed E-state index contributed by atoms with van der Waals surface area (Å²) in [5, 5.41) is 9.59. The van der Waals surface area contributed by atoms with Crippen molar-refractivity contribution in [3.05, 3.63) is 46.9 Å². The van der Waals surface area contributed by atoms with Gasteiger partial charge in [-0.2, -0.15) is 0 Å². The second-order valence-electron chi connectivity index (χ2n) is 9.34. The number of carbonyl (C=O) groups is 1. The zero-order valence-electron chi connectivity index (χ0n) is 19.3. The molecule has 1 N–H and O–H groups in total. The van der Waals surface area contributed by atoms with Gasteiger partial charge in [0.05, 0.1) is 15.9 Å². The molecule has 0 radical (unpaired) electrons. The fourth-order valence-electron chi connectivity index (χ4n) is 3.98. The van der Waals surface area contributed by atoms with Crippen molar-refractivity contribution < 1.29 is 31.5 Å². The summed E-state index contributed by atoms with van der Waals surface area (Å²) in [6.45, 7) is 7.74. The monoisotopic (exact) mass is 497 g/mol. The molecule has 0 saturated carbocycles. The zero-order chi connectivity index (χ0) is 24.6. The number of rotatable bonds is 5. The Hall–Kier alpha value is -2.33. The molecule has 33 heavy (non-hydrogen) atoms. The molecule has 1 amide bonds. The first-order chi connectivity index (χ1) is 15.2. The van der Waals surface area contributed by atoms with Gasteiger partial charge in [0.15, 0.2) is 19.7 Å². The number of likely N-dealkylation sites (tertiary alicyclic amines) is 1. The van der Waals surface area contributed by atoms with Crippen molar-refractivity contribution in [1.29, 1.82) is 0 Å². The van der Waals surface area contributed by atoms with E-state index in [0.29, 0.717) is 25.1 Å². The first-order valence-corrected chi connectivity index (χ1v) is 14.1. The van der Waals surface area contributed by atoms with Crippen molar-refractivity contribution in [1.82, 2.24) is 4.90 Å². The van der Waals surface area contributed by atoms with Crippen molar-refractivity contribution in [2.24, 2.45) is 0 Å². The minimum absolute atomic E-state index is 0.0736. The van der Waals surface area contributed by atoms with Gasteiger partial charge in [-0.3, -0.25) is 0 Å². The van der Waals surface area contributed by atoms with Crippen LogP contribution in [0, 0.1) is 0 Å². The van der Waals surface area contributed by atoms with E-state index < -0.39 is 36.6 Å². The summed E-state index contributed by atoms with van der Waals surface area (Å²) < 4.78 is 56.1. The van der Waals surface area contributed by atoms with Gasteiger partial charge in [-0.05, 0) is 51.0 Å². The molecular weight excluding hydrogens is 466 g/mol. The van der Waals surface area contributed by atoms with Crippen molar-refractivity contribution in [3.63, 3.8) is 0 Å². The van der Waals surface area contributed by atoms with Crippen molar-refractivity contribution >= 4 is 25.8 Å². The molecule has 10 heteroatoms. The van der Waals surface area contributed by atoms with Crippen LogP contribution in [-0.2, 0) is 24.4 Å². The predicted octanol–water partition coefficient (Wildman–Crippen LogP) is 3.54. The number of nitrogens with zero attached hydrogens (tertiary/aromatic N) is 1. The number of allylic oxidation sites excluding steroid dienone is 3. The van der Waals surface area contributed by atoms with Crippen LogP contribution in [0.2, 0.25) is 0 Å². The fourth-order valence-corrected chi connectivity index (χ4v) is 6.75. The lowest BCUT2D eigenvalue weighted by molar-refractivity contribution is 0.0292. The van der Waals surface area contributed by atoms with Crippen LogP contribution in [0.3, 0.4) is 0 Å². The first-order valence-electron chi connectivity index (χ1n) is 10.9. The summed E-state index contributed by atoms with van der Waals surface area (Å²) in [7, 11) is -7.40. The lowest BCUT2D eigenvalue weighted by Crippen LogP contribution is -2.35. The van der Waals surface area contributed by atoms with E-state index in [9.17, 15) is 26.7 Å². The van der Waals surface area contributed by atoms with Crippen molar-refractivity contribution in [3.8, 4) is 5.75 Å². The Balaban J connectivity index is 1.76. The highest BCUT2D eigenvalue weighted by Gasteiger charge is 2.34. The third-order valence-corrected chi connectivity index (χ3v) is 9.69. The van der Waals surface area contributed by atoms with Crippen LogP contribution in [0.25, 0.3) is 0 Å². The Kier molecular flexibility index (Phi) is 7.00. The molecule has 2 unspecified atom stereocenters.